The molecule has 0 aromatic heterocycles. The van der Waals surface area contributed by atoms with Gasteiger partial charge in [0, 0.05) is 6.07 Å². The van der Waals surface area contributed by atoms with E-state index in [9.17, 15) is 5.11 Å². The Labute approximate surface area is 116 Å². The Morgan fingerprint density at radius 2 is 1.75 bits per heavy atom. The highest BCUT2D eigenvalue weighted by Gasteiger charge is 2.11. The molecule has 0 saturated carbocycles. The Morgan fingerprint density at radius 3 is 2.60 bits per heavy atom. The van der Waals surface area contributed by atoms with E-state index in [4.69, 9.17) is 9.47 Å². The largest absolute Gasteiger partial charge is 0.506 e. The van der Waals surface area contributed by atoms with Gasteiger partial charge in [0.2, 0.25) is 0 Å². The quantitative estimate of drug-likeness (QED) is 0.842. The van der Waals surface area contributed by atoms with Gasteiger partial charge in [-0.1, -0.05) is 6.07 Å². The van der Waals surface area contributed by atoms with Crippen LogP contribution in [0.4, 0.5) is 11.4 Å². The van der Waals surface area contributed by atoms with Crippen LogP contribution >= 0.6 is 0 Å². The van der Waals surface area contributed by atoms with Crippen molar-refractivity contribution in [2.45, 2.75) is 6.92 Å². The van der Waals surface area contributed by atoms with Crippen molar-refractivity contribution in [3.63, 3.8) is 0 Å². The van der Waals surface area contributed by atoms with E-state index in [1.807, 2.05) is 13.0 Å². The molecular formula is C15H14N2O3. The minimum atomic E-state index is 0.108. The first-order valence-corrected chi connectivity index (χ1v) is 6.33. The molecule has 2 aromatic rings. The van der Waals surface area contributed by atoms with Crippen molar-refractivity contribution in [2.75, 3.05) is 13.2 Å². The van der Waals surface area contributed by atoms with Crippen LogP contribution in [0.15, 0.2) is 46.6 Å². The number of aryl methyl sites for hydroxylation is 1. The summed E-state index contributed by atoms with van der Waals surface area (Å²) in [7, 11) is 0. The van der Waals surface area contributed by atoms with Crippen molar-refractivity contribution in [1.82, 2.24) is 0 Å². The molecule has 0 radical (unpaired) electrons. The fourth-order valence-electron chi connectivity index (χ4n) is 1.92. The lowest BCUT2D eigenvalue weighted by atomic mass is 10.2. The van der Waals surface area contributed by atoms with E-state index < -0.39 is 0 Å². The van der Waals surface area contributed by atoms with Crippen molar-refractivity contribution >= 4 is 11.4 Å². The number of azo groups is 1. The first kappa shape index (κ1) is 12.5. The zero-order valence-corrected chi connectivity index (χ0v) is 11.0. The second-order valence-electron chi connectivity index (χ2n) is 4.52. The number of ether oxygens (including phenoxy) is 2. The highest BCUT2D eigenvalue weighted by molar-refractivity contribution is 5.54. The van der Waals surface area contributed by atoms with Gasteiger partial charge in [0.25, 0.3) is 0 Å². The summed E-state index contributed by atoms with van der Waals surface area (Å²) < 4.78 is 10.9. The molecule has 1 N–H and O–H groups in total. The van der Waals surface area contributed by atoms with Gasteiger partial charge in [-0.3, -0.25) is 0 Å². The number of aromatic hydroxyl groups is 1. The van der Waals surface area contributed by atoms with E-state index >= 15 is 0 Å². The number of fused-ring (bicyclic) bond motifs is 1. The summed E-state index contributed by atoms with van der Waals surface area (Å²) in [6.45, 7) is 3.03. The minimum Gasteiger partial charge on any atom is -0.506 e. The molecule has 0 saturated heterocycles. The van der Waals surface area contributed by atoms with Gasteiger partial charge in [-0.05, 0) is 36.8 Å². The highest BCUT2D eigenvalue weighted by Crippen LogP contribution is 2.35. The molecule has 1 aliphatic heterocycles. The van der Waals surface area contributed by atoms with E-state index in [1.54, 1.807) is 30.3 Å². The Kier molecular flexibility index (Phi) is 3.25. The number of rotatable bonds is 2. The summed E-state index contributed by atoms with van der Waals surface area (Å²) in [6, 6.07) is 10.6. The summed E-state index contributed by atoms with van der Waals surface area (Å²) in [4.78, 5) is 0. The highest BCUT2D eigenvalue weighted by atomic mass is 16.6. The second-order valence-corrected chi connectivity index (χ2v) is 4.52. The van der Waals surface area contributed by atoms with Gasteiger partial charge in [0.15, 0.2) is 11.5 Å². The fourth-order valence-corrected chi connectivity index (χ4v) is 1.92. The molecule has 2 aromatic carbocycles. The maximum atomic E-state index is 9.71. The first-order chi connectivity index (χ1) is 9.72. The van der Waals surface area contributed by atoms with E-state index in [0.717, 1.165) is 5.56 Å². The summed E-state index contributed by atoms with van der Waals surface area (Å²) in [5, 5.41) is 17.9. The number of phenolic OH excluding ortho intramolecular Hbond substituents is 1. The number of hydrogen-bond donors (Lipinski definition) is 1. The van der Waals surface area contributed by atoms with Crippen molar-refractivity contribution in [1.29, 1.82) is 0 Å². The molecule has 0 bridgehead atoms. The van der Waals surface area contributed by atoms with E-state index in [2.05, 4.69) is 10.2 Å². The van der Waals surface area contributed by atoms with Crippen LogP contribution in [0.25, 0.3) is 0 Å². The van der Waals surface area contributed by atoms with Gasteiger partial charge >= 0.3 is 0 Å². The predicted octanol–water partition coefficient (Wildman–Crippen LogP) is 3.89. The third-order valence-electron chi connectivity index (χ3n) is 2.93. The van der Waals surface area contributed by atoms with Gasteiger partial charge in [0.1, 0.15) is 24.7 Å². The molecule has 0 spiro atoms. The zero-order chi connectivity index (χ0) is 13.9. The summed E-state index contributed by atoms with van der Waals surface area (Å²) in [5.74, 6) is 1.49. The zero-order valence-electron chi connectivity index (χ0n) is 11.0. The lowest BCUT2D eigenvalue weighted by Gasteiger charge is -2.17. The smallest absolute Gasteiger partial charge is 0.163 e. The van der Waals surface area contributed by atoms with Gasteiger partial charge in [0.05, 0.1) is 5.69 Å². The molecule has 1 heterocycles. The van der Waals surface area contributed by atoms with E-state index in [0.29, 0.717) is 36.1 Å². The maximum absolute atomic E-state index is 9.71. The summed E-state index contributed by atoms with van der Waals surface area (Å²) in [6.07, 6.45) is 0. The van der Waals surface area contributed by atoms with Gasteiger partial charge in [-0.15, -0.1) is 5.11 Å². The molecule has 0 amide bonds. The molecule has 1 aliphatic rings. The van der Waals surface area contributed by atoms with Crippen LogP contribution in [0, 0.1) is 6.92 Å². The normalized spacial score (nSPS) is 13.7. The second kappa shape index (κ2) is 5.21. The monoisotopic (exact) mass is 270 g/mol. The molecule has 20 heavy (non-hydrogen) atoms. The van der Waals surface area contributed by atoms with Crippen molar-refractivity contribution < 1.29 is 14.6 Å². The molecule has 0 atom stereocenters. The van der Waals surface area contributed by atoms with Gasteiger partial charge in [-0.2, -0.15) is 5.11 Å². The number of phenols is 1. The average molecular weight is 270 g/mol. The minimum absolute atomic E-state index is 0.108. The Bertz CT molecular complexity index is 668. The lowest BCUT2D eigenvalue weighted by Crippen LogP contribution is -2.14. The van der Waals surface area contributed by atoms with Crippen LogP contribution in [-0.4, -0.2) is 18.3 Å². The predicted molar refractivity (Wildman–Crippen MR) is 74.5 cm³/mol. The van der Waals surface area contributed by atoms with E-state index in [-0.39, 0.29) is 5.75 Å². The number of benzene rings is 2. The maximum Gasteiger partial charge on any atom is 0.163 e. The summed E-state index contributed by atoms with van der Waals surface area (Å²) >= 11 is 0. The van der Waals surface area contributed by atoms with Crippen molar-refractivity contribution in [2.24, 2.45) is 10.2 Å². The van der Waals surface area contributed by atoms with Crippen LogP contribution in [0.1, 0.15) is 5.56 Å². The third-order valence-corrected chi connectivity index (χ3v) is 2.93. The summed E-state index contributed by atoms with van der Waals surface area (Å²) in [5.41, 5.74) is 2.11. The van der Waals surface area contributed by atoms with E-state index in [1.165, 1.54) is 0 Å². The number of nitrogens with zero attached hydrogens (tertiary/aromatic N) is 2. The molecule has 3 rings (SSSR count). The Hall–Kier alpha value is -2.56. The molecular weight excluding hydrogens is 256 g/mol. The van der Waals surface area contributed by atoms with Crippen LogP contribution in [0.5, 0.6) is 17.2 Å². The topological polar surface area (TPSA) is 63.4 Å². The van der Waals surface area contributed by atoms with Gasteiger partial charge in [-0.25, -0.2) is 0 Å². The standard InChI is InChI=1S/C15H14N2O3/c1-10-2-4-13(18)12(8-10)17-16-11-3-5-14-15(9-11)20-7-6-19-14/h2-5,8-9,18H,6-7H2,1H3. The molecule has 5 nitrogen and oxygen atoms in total. The molecule has 0 unspecified atom stereocenters. The molecule has 102 valence electrons. The van der Waals surface area contributed by atoms with Crippen LogP contribution in [0.3, 0.4) is 0 Å². The van der Waals surface area contributed by atoms with Crippen LogP contribution in [-0.2, 0) is 0 Å². The Morgan fingerprint density at radius 1 is 0.950 bits per heavy atom. The fraction of sp³-hybridized carbons (Fsp3) is 0.200. The Balaban J connectivity index is 1.87. The van der Waals surface area contributed by atoms with Crippen LogP contribution in [0.2, 0.25) is 0 Å². The molecule has 5 heteroatoms. The van der Waals surface area contributed by atoms with Gasteiger partial charge < -0.3 is 14.6 Å². The molecule has 0 fully saturated rings. The lowest BCUT2D eigenvalue weighted by molar-refractivity contribution is 0.171. The third kappa shape index (κ3) is 2.56. The van der Waals surface area contributed by atoms with Crippen molar-refractivity contribution in [3.8, 4) is 17.2 Å². The number of hydrogen-bond acceptors (Lipinski definition) is 5. The van der Waals surface area contributed by atoms with Crippen molar-refractivity contribution in [3.05, 3.63) is 42.0 Å². The molecule has 0 aliphatic carbocycles. The van der Waals surface area contributed by atoms with Crippen LogP contribution < -0.4 is 9.47 Å². The SMILES string of the molecule is Cc1ccc(O)c(N=Nc2ccc3c(c2)OCCO3)c1. The first-order valence-electron chi connectivity index (χ1n) is 6.33. The average Bonchev–Trinajstić information content (AvgIpc) is 2.48.